The maximum Gasteiger partial charge on any atom is 0.262 e. The molecular formula is C18H42NO4P. The largest absolute Gasteiger partial charge is 0.756 e. The summed E-state index contributed by atoms with van der Waals surface area (Å²) in [5.74, 6) is 0. The zero-order valence-corrected chi connectivity index (χ0v) is 17.4. The standard InChI is InChI=1S/C18H40N.H3O4P/c1-5-7-9-11-12-13-14-16-18-19(3,4)17-15-10-8-6-2;1-5(2,3)4/h5-18H2,1-4H3;(H3,1,2,3,4)/q+1;/p-1. The molecule has 0 atom stereocenters. The van der Waals surface area contributed by atoms with Gasteiger partial charge in [-0.05, 0) is 25.7 Å². The monoisotopic (exact) mass is 367 g/mol. The molecule has 0 spiro atoms. The molecule has 0 unspecified atom stereocenters. The fraction of sp³-hybridized carbons (Fsp3) is 1.00. The van der Waals surface area contributed by atoms with Crippen LogP contribution in [0.4, 0.5) is 0 Å². The molecule has 0 saturated carbocycles. The molecule has 2 N–H and O–H groups in total. The van der Waals surface area contributed by atoms with Crippen LogP contribution in [0.2, 0.25) is 0 Å². The molecule has 0 aromatic heterocycles. The van der Waals surface area contributed by atoms with Crippen molar-refractivity contribution in [3.8, 4) is 0 Å². The summed E-state index contributed by atoms with van der Waals surface area (Å²) in [5, 5.41) is 0. The van der Waals surface area contributed by atoms with Gasteiger partial charge in [0.05, 0.1) is 27.2 Å². The summed E-state index contributed by atoms with van der Waals surface area (Å²) in [6, 6.07) is 0. The Morgan fingerprint density at radius 1 is 0.708 bits per heavy atom. The summed E-state index contributed by atoms with van der Waals surface area (Å²) in [5.41, 5.74) is 0. The molecule has 148 valence electrons. The lowest BCUT2D eigenvalue weighted by atomic mass is 10.1. The van der Waals surface area contributed by atoms with Crippen LogP contribution in [0.15, 0.2) is 0 Å². The highest BCUT2D eigenvalue weighted by Crippen LogP contribution is 2.19. The molecule has 0 rings (SSSR count). The second-order valence-electron chi connectivity index (χ2n) is 7.41. The highest BCUT2D eigenvalue weighted by atomic mass is 31.2. The lowest BCUT2D eigenvalue weighted by molar-refractivity contribution is -0.890. The van der Waals surface area contributed by atoms with Crippen molar-refractivity contribution < 1.29 is 23.7 Å². The van der Waals surface area contributed by atoms with Crippen molar-refractivity contribution in [1.82, 2.24) is 0 Å². The van der Waals surface area contributed by atoms with E-state index in [-0.39, 0.29) is 0 Å². The molecule has 24 heavy (non-hydrogen) atoms. The lowest BCUT2D eigenvalue weighted by Gasteiger charge is -2.30. The van der Waals surface area contributed by atoms with Crippen molar-refractivity contribution in [2.75, 3.05) is 27.2 Å². The van der Waals surface area contributed by atoms with Crippen LogP contribution in [0.25, 0.3) is 0 Å². The smallest absolute Gasteiger partial charge is 0.262 e. The average molecular weight is 368 g/mol. The summed E-state index contributed by atoms with van der Waals surface area (Å²) >= 11 is 0. The van der Waals surface area contributed by atoms with Gasteiger partial charge in [-0.2, -0.15) is 0 Å². The van der Waals surface area contributed by atoms with Crippen LogP contribution in [0, 0.1) is 0 Å². The van der Waals surface area contributed by atoms with Gasteiger partial charge in [0.15, 0.2) is 0 Å². The number of phosphoric acid groups is 1. The predicted molar refractivity (Wildman–Crippen MR) is 101 cm³/mol. The maximum atomic E-state index is 8.77. The first-order valence-electron chi connectivity index (χ1n) is 9.71. The van der Waals surface area contributed by atoms with Gasteiger partial charge < -0.3 is 19.2 Å². The fourth-order valence-electron chi connectivity index (χ4n) is 2.75. The van der Waals surface area contributed by atoms with Crippen molar-refractivity contribution in [2.24, 2.45) is 0 Å². The Hall–Kier alpha value is 0.0700. The lowest BCUT2D eigenvalue weighted by Crippen LogP contribution is -2.41. The molecule has 0 aliphatic rings. The van der Waals surface area contributed by atoms with Crippen LogP contribution in [0.1, 0.15) is 90.9 Å². The van der Waals surface area contributed by atoms with E-state index in [1.54, 1.807) is 0 Å². The van der Waals surface area contributed by atoms with E-state index in [1.807, 2.05) is 0 Å². The number of nitrogens with zero attached hydrogens (tertiary/aromatic N) is 1. The Balaban J connectivity index is 0. The van der Waals surface area contributed by atoms with Crippen LogP contribution in [-0.2, 0) is 4.57 Å². The van der Waals surface area contributed by atoms with E-state index in [0.29, 0.717) is 0 Å². The van der Waals surface area contributed by atoms with Crippen molar-refractivity contribution in [3.63, 3.8) is 0 Å². The molecule has 0 aromatic carbocycles. The average Bonchev–Trinajstić information content (AvgIpc) is 2.45. The molecule has 0 aliphatic carbocycles. The zero-order chi connectivity index (χ0) is 18.9. The Bertz CT molecular complexity index is 297. The molecule has 0 heterocycles. The van der Waals surface area contributed by atoms with Crippen molar-refractivity contribution in [2.45, 2.75) is 90.9 Å². The first-order chi connectivity index (χ1) is 11.1. The summed E-state index contributed by atoms with van der Waals surface area (Å²) < 4.78 is 10.0. The van der Waals surface area contributed by atoms with Gasteiger partial charge in [0, 0.05) is 0 Å². The van der Waals surface area contributed by atoms with E-state index in [0.717, 1.165) is 0 Å². The van der Waals surface area contributed by atoms with E-state index in [4.69, 9.17) is 19.2 Å². The normalized spacial score (nSPS) is 12.0. The Labute approximate surface area is 150 Å². The highest BCUT2D eigenvalue weighted by Gasteiger charge is 2.13. The number of rotatable bonds is 14. The van der Waals surface area contributed by atoms with Gasteiger partial charge in [-0.3, -0.25) is 4.57 Å². The molecule has 0 bridgehead atoms. The van der Waals surface area contributed by atoms with Crippen molar-refractivity contribution in [3.05, 3.63) is 0 Å². The highest BCUT2D eigenvalue weighted by molar-refractivity contribution is 7.43. The third-order valence-corrected chi connectivity index (χ3v) is 4.23. The van der Waals surface area contributed by atoms with E-state index < -0.39 is 7.82 Å². The fourth-order valence-corrected chi connectivity index (χ4v) is 2.75. The van der Waals surface area contributed by atoms with E-state index >= 15 is 0 Å². The van der Waals surface area contributed by atoms with Gasteiger partial charge in [0.25, 0.3) is 7.82 Å². The molecule has 0 aliphatic heterocycles. The van der Waals surface area contributed by atoms with Crippen LogP contribution < -0.4 is 4.89 Å². The summed E-state index contributed by atoms with van der Waals surface area (Å²) in [6.45, 7) is 7.33. The quantitative estimate of drug-likeness (QED) is 0.274. The van der Waals surface area contributed by atoms with E-state index in [9.17, 15) is 0 Å². The van der Waals surface area contributed by atoms with Gasteiger partial charge >= 0.3 is 0 Å². The third kappa shape index (κ3) is 30.0. The van der Waals surface area contributed by atoms with Crippen LogP contribution >= 0.6 is 7.82 Å². The maximum absolute atomic E-state index is 8.77. The first-order valence-corrected chi connectivity index (χ1v) is 11.2. The Morgan fingerprint density at radius 2 is 0.958 bits per heavy atom. The summed E-state index contributed by atoms with van der Waals surface area (Å²) in [6.07, 6.45) is 17.1. The molecule has 0 fully saturated rings. The number of hydrogen-bond donors (Lipinski definition) is 2. The first kappa shape index (κ1) is 26.3. The minimum atomic E-state index is -4.89. The molecule has 5 nitrogen and oxygen atoms in total. The van der Waals surface area contributed by atoms with Gasteiger partial charge in [0.2, 0.25) is 0 Å². The second-order valence-corrected chi connectivity index (χ2v) is 8.39. The molecule has 0 saturated heterocycles. The van der Waals surface area contributed by atoms with Crippen LogP contribution in [-0.4, -0.2) is 41.5 Å². The Morgan fingerprint density at radius 3 is 1.29 bits per heavy atom. The number of unbranched alkanes of at least 4 members (excludes halogenated alkanes) is 10. The number of hydrogen-bond acceptors (Lipinski definition) is 2. The molecule has 0 amide bonds. The van der Waals surface area contributed by atoms with Crippen molar-refractivity contribution >= 4 is 7.82 Å². The molecular weight excluding hydrogens is 325 g/mol. The predicted octanol–water partition coefficient (Wildman–Crippen LogP) is 4.22. The number of quaternary nitrogens is 1. The van der Waals surface area contributed by atoms with Gasteiger partial charge in [-0.15, -0.1) is 0 Å². The minimum Gasteiger partial charge on any atom is -0.756 e. The molecule has 0 radical (unpaired) electrons. The zero-order valence-electron chi connectivity index (χ0n) is 16.5. The SMILES string of the molecule is CCCCCCCCCC[N+](C)(C)CCCCCC.O=P([O-])(O)O. The van der Waals surface area contributed by atoms with Gasteiger partial charge in [0.1, 0.15) is 0 Å². The van der Waals surface area contributed by atoms with E-state index in [2.05, 4.69) is 27.9 Å². The summed E-state index contributed by atoms with van der Waals surface area (Å²) in [4.78, 5) is 22.9. The Kier molecular flexibility index (Phi) is 18.1. The second kappa shape index (κ2) is 16.5. The minimum absolute atomic E-state index is 1.24. The molecule has 6 heteroatoms. The molecule has 0 aromatic rings. The van der Waals surface area contributed by atoms with Crippen LogP contribution in [0.3, 0.4) is 0 Å². The van der Waals surface area contributed by atoms with Crippen molar-refractivity contribution in [1.29, 1.82) is 0 Å². The summed E-state index contributed by atoms with van der Waals surface area (Å²) in [7, 11) is -0.0691. The van der Waals surface area contributed by atoms with E-state index in [1.165, 1.54) is 94.6 Å². The third-order valence-electron chi connectivity index (χ3n) is 4.23. The van der Waals surface area contributed by atoms with Gasteiger partial charge in [-0.25, -0.2) is 0 Å². The topological polar surface area (TPSA) is 80.6 Å². The van der Waals surface area contributed by atoms with Gasteiger partial charge in [-0.1, -0.05) is 65.2 Å². The van der Waals surface area contributed by atoms with Crippen LogP contribution in [0.5, 0.6) is 0 Å².